The second-order valence-corrected chi connectivity index (χ2v) is 16.0. The van der Waals surface area contributed by atoms with Gasteiger partial charge in [-0.25, -0.2) is 0 Å². The van der Waals surface area contributed by atoms with Gasteiger partial charge in [0.1, 0.15) is 11.9 Å². The van der Waals surface area contributed by atoms with Gasteiger partial charge in [0, 0.05) is 17.8 Å². The summed E-state index contributed by atoms with van der Waals surface area (Å²) in [6.07, 6.45) is 11.1. The van der Waals surface area contributed by atoms with Gasteiger partial charge in [0.05, 0.1) is 5.41 Å². The van der Waals surface area contributed by atoms with Crippen molar-refractivity contribution >= 4 is 11.8 Å². The van der Waals surface area contributed by atoms with E-state index in [9.17, 15) is 9.59 Å². The summed E-state index contributed by atoms with van der Waals surface area (Å²) in [7, 11) is 0. The zero-order valence-electron chi connectivity index (χ0n) is 25.8. The lowest BCUT2D eigenvalue weighted by Crippen LogP contribution is -2.55. The van der Waals surface area contributed by atoms with Crippen LogP contribution in [0.3, 0.4) is 0 Å². The third-order valence-electron chi connectivity index (χ3n) is 11.7. The lowest BCUT2D eigenvalue weighted by molar-refractivity contribution is -0.178. The van der Waals surface area contributed by atoms with Crippen LogP contribution in [-0.4, -0.2) is 17.9 Å². The van der Waals surface area contributed by atoms with Crippen LogP contribution in [0.15, 0.2) is 11.1 Å². The summed E-state index contributed by atoms with van der Waals surface area (Å²) >= 11 is 0. The van der Waals surface area contributed by atoms with E-state index in [2.05, 4.69) is 48.5 Å². The quantitative estimate of drug-likeness (QED) is 0.263. The Hall–Kier alpha value is -1.12. The molecule has 3 nitrogen and oxygen atoms in total. The van der Waals surface area contributed by atoms with Crippen LogP contribution in [0.5, 0.6) is 0 Å². The first kappa shape index (κ1) is 28.9. The molecule has 7 atom stereocenters. The smallest absolute Gasteiger partial charge is 0.311 e. The zero-order valence-corrected chi connectivity index (χ0v) is 25.8. The van der Waals surface area contributed by atoms with Crippen LogP contribution < -0.4 is 0 Å². The van der Waals surface area contributed by atoms with Crippen molar-refractivity contribution in [2.45, 2.75) is 140 Å². The monoisotopic (exact) mass is 512 g/mol. The molecule has 0 amide bonds. The minimum absolute atomic E-state index is 0.0301. The fraction of sp³-hybridized carbons (Fsp3) is 0.882. The lowest BCUT2D eigenvalue weighted by atomic mass is 9.45. The highest BCUT2D eigenvalue weighted by molar-refractivity contribution is 5.88. The number of ketones is 1. The summed E-state index contributed by atoms with van der Waals surface area (Å²) in [6.45, 7) is 22.5. The van der Waals surface area contributed by atoms with Crippen molar-refractivity contribution in [1.82, 2.24) is 0 Å². The second-order valence-electron chi connectivity index (χ2n) is 16.0. The number of carbonyl (C=O) groups is 2. The van der Waals surface area contributed by atoms with E-state index in [-0.39, 0.29) is 34.2 Å². The molecule has 0 radical (unpaired) electrons. The van der Waals surface area contributed by atoms with E-state index in [1.165, 1.54) is 24.8 Å². The van der Waals surface area contributed by atoms with Gasteiger partial charge in [-0.1, -0.05) is 78.9 Å². The van der Waals surface area contributed by atoms with E-state index in [0.29, 0.717) is 23.5 Å². The predicted octanol–water partition coefficient (Wildman–Crippen LogP) is 8.94. The van der Waals surface area contributed by atoms with Crippen molar-refractivity contribution in [2.24, 2.45) is 51.2 Å². The maximum absolute atomic E-state index is 13.7. The molecular weight excluding hydrogens is 456 g/mol. The van der Waals surface area contributed by atoms with Crippen LogP contribution in [-0.2, 0) is 14.3 Å². The lowest BCUT2D eigenvalue weighted by Gasteiger charge is -2.60. The van der Waals surface area contributed by atoms with Gasteiger partial charge in [-0.05, 0) is 93.8 Å². The predicted molar refractivity (Wildman–Crippen MR) is 152 cm³/mol. The first-order valence-corrected chi connectivity index (χ1v) is 15.5. The van der Waals surface area contributed by atoms with Crippen LogP contribution in [0, 0.1) is 51.2 Å². The number of allylic oxidation sites excluding steroid dienone is 2. The van der Waals surface area contributed by atoms with Crippen molar-refractivity contribution in [3.8, 4) is 0 Å². The molecular formula is C34H56O3. The highest BCUT2D eigenvalue weighted by atomic mass is 16.5. The molecule has 0 heterocycles. The Morgan fingerprint density at radius 1 is 1.00 bits per heavy atom. The number of rotatable bonds is 6. The van der Waals surface area contributed by atoms with E-state index in [1.807, 2.05) is 20.8 Å². The molecule has 4 aliphatic carbocycles. The highest BCUT2D eigenvalue weighted by Gasteiger charge is 2.62. The van der Waals surface area contributed by atoms with E-state index in [0.717, 1.165) is 50.9 Å². The molecule has 0 aromatic heterocycles. The van der Waals surface area contributed by atoms with E-state index < -0.39 is 5.41 Å². The van der Waals surface area contributed by atoms with E-state index in [1.54, 1.807) is 5.57 Å². The van der Waals surface area contributed by atoms with Crippen LogP contribution in [0.2, 0.25) is 0 Å². The van der Waals surface area contributed by atoms with Gasteiger partial charge in [-0.15, -0.1) is 0 Å². The van der Waals surface area contributed by atoms with Gasteiger partial charge in [-0.3, -0.25) is 9.59 Å². The number of esters is 1. The molecule has 37 heavy (non-hydrogen) atoms. The Bertz CT molecular complexity index is 933. The highest BCUT2D eigenvalue weighted by Crippen LogP contribution is 2.67. The van der Waals surface area contributed by atoms with Crippen molar-refractivity contribution < 1.29 is 14.3 Å². The van der Waals surface area contributed by atoms with Gasteiger partial charge in [0.15, 0.2) is 0 Å². The Morgan fingerprint density at radius 2 is 1.68 bits per heavy atom. The summed E-state index contributed by atoms with van der Waals surface area (Å²) in [6, 6.07) is 0. The normalized spacial score (nSPS) is 38.2. The minimum atomic E-state index is -0.474. The summed E-state index contributed by atoms with van der Waals surface area (Å²) in [5.74, 6) is 2.99. The molecule has 4 aliphatic rings. The molecule has 0 aromatic carbocycles. The van der Waals surface area contributed by atoms with Crippen molar-refractivity contribution in [1.29, 1.82) is 0 Å². The Morgan fingerprint density at radius 3 is 2.30 bits per heavy atom. The fourth-order valence-corrected chi connectivity index (χ4v) is 9.54. The molecule has 0 aromatic rings. The molecule has 0 bridgehead atoms. The van der Waals surface area contributed by atoms with Crippen molar-refractivity contribution in [2.75, 3.05) is 0 Å². The van der Waals surface area contributed by atoms with Crippen LogP contribution in [0.4, 0.5) is 0 Å². The summed E-state index contributed by atoms with van der Waals surface area (Å²) in [5, 5.41) is 0. The standard InChI is InChI=1S/C34H56O3/c1-21(2)12-11-13-22(3)25-20-26(35)29-23-14-15-27-32(7,8)28(37-30(36)31(4,5)6)17-19-33(27,9)24(23)16-18-34(25,29)10/h21-22,25,27-29H,11-20H2,1-10H3/t22-,25-,27+,28+,29+,33-,34-/m1/s1. The molecule has 4 rings (SSSR count). The summed E-state index contributed by atoms with van der Waals surface area (Å²) in [5.41, 5.74) is 2.87. The van der Waals surface area contributed by atoms with Crippen LogP contribution in [0.25, 0.3) is 0 Å². The van der Waals surface area contributed by atoms with Crippen LogP contribution >= 0.6 is 0 Å². The van der Waals surface area contributed by atoms with Gasteiger partial charge < -0.3 is 4.74 Å². The number of hydrogen-bond acceptors (Lipinski definition) is 3. The zero-order chi connectivity index (χ0) is 27.6. The van der Waals surface area contributed by atoms with Gasteiger partial charge in [-0.2, -0.15) is 0 Å². The number of Topliss-reactive ketones (excluding diaryl/α,β-unsaturated/α-hetero) is 1. The molecule has 0 spiro atoms. The number of carbonyl (C=O) groups excluding carboxylic acids is 2. The number of ether oxygens (including phenoxy) is 1. The molecule has 0 saturated heterocycles. The topological polar surface area (TPSA) is 43.4 Å². The molecule has 0 N–H and O–H groups in total. The minimum Gasteiger partial charge on any atom is -0.461 e. The molecule has 2 fully saturated rings. The largest absolute Gasteiger partial charge is 0.461 e. The first-order valence-electron chi connectivity index (χ1n) is 15.5. The van der Waals surface area contributed by atoms with Crippen molar-refractivity contribution in [3.63, 3.8) is 0 Å². The van der Waals surface area contributed by atoms with Gasteiger partial charge in [0.25, 0.3) is 0 Å². The maximum atomic E-state index is 13.7. The fourth-order valence-electron chi connectivity index (χ4n) is 9.54. The van der Waals surface area contributed by atoms with Crippen molar-refractivity contribution in [3.05, 3.63) is 11.1 Å². The summed E-state index contributed by atoms with van der Waals surface area (Å²) in [4.78, 5) is 26.5. The molecule has 2 saturated carbocycles. The third-order valence-corrected chi connectivity index (χ3v) is 11.7. The Kier molecular flexibility index (Phi) is 7.66. The third kappa shape index (κ3) is 4.88. The van der Waals surface area contributed by atoms with Gasteiger partial charge in [0.2, 0.25) is 0 Å². The SMILES string of the molecule is CC(C)CCC[C@@H](C)[C@H]1CC(=O)[C@@H]2C3=C(CC[C@@]21C)[C@@]1(C)CC[C@H](OC(=O)C(C)(C)C)C(C)(C)[C@@H]1CC3. The maximum Gasteiger partial charge on any atom is 0.311 e. The molecule has 0 unspecified atom stereocenters. The Balaban J connectivity index is 1.58. The molecule has 3 heteroatoms. The Labute approximate surface area is 228 Å². The molecule has 0 aliphatic heterocycles. The second kappa shape index (κ2) is 9.81. The van der Waals surface area contributed by atoms with Crippen LogP contribution in [0.1, 0.15) is 133 Å². The van der Waals surface area contributed by atoms with E-state index >= 15 is 0 Å². The number of hydrogen-bond donors (Lipinski definition) is 0. The van der Waals surface area contributed by atoms with E-state index in [4.69, 9.17) is 4.74 Å². The average Bonchev–Trinajstić information content (AvgIpc) is 3.05. The number of fused-ring (bicyclic) bond motifs is 4. The van der Waals surface area contributed by atoms with Gasteiger partial charge >= 0.3 is 5.97 Å². The average molecular weight is 513 g/mol. The summed E-state index contributed by atoms with van der Waals surface area (Å²) < 4.78 is 6.18. The first-order chi connectivity index (χ1) is 17.0. The molecule has 210 valence electrons.